The Morgan fingerprint density at radius 3 is 2.63 bits per heavy atom. The molecule has 0 saturated heterocycles. The van der Waals surface area contributed by atoms with Gasteiger partial charge in [0.2, 0.25) is 5.91 Å². The maximum atomic E-state index is 11.5. The number of benzene rings is 2. The first kappa shape index (κ1) is 13.1. The summed E-state index contributed by atoms with van der Waals surface area (Å²) in [4.78, 5) is 22.5. The summed E-state index contributed by atoms with van der Waals surface area (Å²) in [7, 11) is 1.26. The summed E-state index contributed by atoms with van der Waals surface area (Å²) in [6, 6.07) is 13.9. The minimum atomic E-state index is -0.532. The van der Waals surface area contributed by atoms with Crippen molar-refractivity contribution in [1.29, 1.82) is 0 Å². The van der Waals surface area contributed by atoms with Crippen LogP contribution in [0.4, 0.5) is 0 Å². The van der Waals surface area contributed by atoms with E-state index in [1.165, 1.54) is 7.11 Å². The van der Waals surface area contributed by atoms with E-state index in [0.717, 1.165) is 16.3 Å². The summed E-state index contributed by atoms with van der Waals surface area (Å²) in [5.41, 5.74) is 1.02. The van der Waals surface area contributed by atoms with E-state index >= 15 is 0 Å². The molecule has 0 heterocycles. The van der Waals surface area contributed by atoms with Crippen LogP contribution in [0.3, 0.4) is 0 Å². The van der Waals surface area contributed by atoms with Gasteiger partial charge in [0.25, 0.3) is 0 Å². The molecule has 0 bridgehead atoms. The van der Waals surface area contributed by atoms with Gasteiger partial charge < -0.3 is 10.1 Å². The summed E-state index contributed by atoms with van der Waals surface area (Å²) in [5, 5.41) is 4.94. The van der Waals surface area contributed by atoms with Crippen molar-refractivity contribution < 1.29 is 14.3 Å². The summed E-state index contributed by atoms with van der Waals surface area (Å²) in [6.07, 6.45) is -0.249. The standard InChI is InChI=1S/C15H15NO3/c1-19-15(18)9-14(17)16-10-12-7-4-6-11-5-2-3-8-13(11)12/h2-8H,9-10H2,1H3,(H,16,17). The number of carbonyl (C=O) groups excluding carboxylic acids is 2. The topological polar surface area (TPSA) is 55.4 Å². The van der Waals surface area contributed by atoms with E-state index in [2.05, 4.69) is 10.1 Å². The van der Waals surface area contributed by atoms with Crippen LogP contribution >= 0.6 is 0 Å². The third-order valence-corrected chi connectivity index (χ3v) is 2.89. The van der Waals surface area contributed by atoms with E-state index < -0.39 is 5.97 Å². The van der Waals surface area contributed by atoms with Crippen LogP contribution in [0.15, 0.2) is 42.5 Å². The molecule has 0 atom stereocenters. The van der Waals surface area contributed by atoms with E-state index in [-0.39, 0.29) is 12.3 Å². The van der Waals surface area contributed by atoms with Crippen molar-refractivity contribution in [3.63, 3.8) is 0 Å². The van der Waals surface area contributed by atoms with E-state index in [1.807, 2.05) is 42.5 Å². The van der Waals surface area contributed by atoms with E-state index in [1.54, 1.807) is 0 Å². The molecule has 0 fully saturated rings. The molecule has 0 radical (unpaired) electrons. The Balaban J connectivity index is 2.06. The highest BCUT2D eigenvalue weighted by molar-refractivity contribution is 5.94. The minimum absolute atomic E-state index is 0.249. The monoisotopic (exact) mass is 257 g/mol. The number of hydrogen-bond donors (Lipinski definition) is 1. The Bertz CT molecular complexity index is 602. The number of carbonyl (C=O) groups is 2. The smallest absolute Gasteiger partial charge is 0.315 e. The maximum absolute atomic E-state index is 11.5. The van der Waals surface area contributed by atoms with Crippen LogP contribution in [0, 0.1) is 0 Å². The van der Waals surface area contributed by atoms with Gasteiger partial charge in [-0.3, -0.25) is 9.59 Å². The Kier molecular flexibility index (Phi) is 4.13. The quantitative estimate of drug-likeness (QED) is 0.673. The summed E-state index contributed by atoms with van der Waals surface area (Å²) < 4.78 is 4.44. The van der Waals surface area contributed by atoms with Gasteiger partial charge in [0, 0.05) is 6.54 Å². The lowest BCUT2D eigenvalue weighted by Gasteiger charge is -2.08. The zero-order valence-corrected chi connectivity index (χ0v) is 10.7. The first-order chi connectivity index (χ1) is 9.20. The largest absolute Gasteiger partial charge is 0.469 e. The fourth-order valence-electron chi connectivity index (χ4n) is 1.91. The second-order valence-corrected chi connectivity index (χ2v) is 4.17. The highest BCUT2D eigenvalue weighted by atomic mass is 16.5. The molecule has 0 aliphatic rings. The van der Waals surface area contributed by atoms with E-state index in [9.17, 15) is 9.59 Å². The van der Waals surface area contributed by atoms with Crippen LogP contribution in [0.2, 0.25) is 0 Å². The number of ether oxygens (including phenoxy) is 1. The molecule has 0 saturated carbocycles. The summed E-state index contributed by atoms with van der Waals surface area (Å²) >= 11 is 0. The lowest BCUT2D eigenvalue weighted by Crippen LogP contribution is -2.25. The third kappa shape index (κ3) is 3.31. The van der Waals surface area contributed by atoms with Crippen molar-refractivity contribution in [3.8, 4) is 0 Å². The highest BCUT2D eigenvalue weighted by Gasteiger charge is 2.09. The molecule has 0 unspecified atom stereocenters. The maximum Gasteiger partial charge on any atom is 0.315 e. The molecule has 19 heavy (non-hydrogen) atoms. The molecule has 0 aliphatic carbocycles. The summed E-state index contributed by atoms with van der Waals surface area (Å²) in [6.45, 7) is 0.400. The average molecular weight is 257 g/mol. The second-order valence-electron chi connectivity index (χ2n) is 4.17. The van der Waals surface area contributed by atoms with Crippen LogP contribution in [-0.4, -0.2) is 19.0 Å². The summed E-state index contributed by atoms with van der Waals surface area (Å²) in [5.74, 6) is -0.866. The van der Waals surface area contributed by atoms with Gasteiger partial charge in [-0.05, 0) is 16.3 Å². The third-order valence-electron chi connectivity index (χ3n) is 2.89. The molecular formula is C15H15NO3. The van der Waals surface area contributed by atoms with Gasteiger partial charge in [0.05, 0.1) is 7.11 Å². The highest BCUT2D eigenvalue weighted by Crippen LogP contribution is 2.18. The SMILES string of the molecule is COC(=O)CC(=O)NCc1cccc2ccccc12. The molecule has 4 nitrogen and oxygen atoms in total. The molecule has 4 heteroatoms. The molecule has 2 rings (SSSR count). The minimum Gasteiger partial charge on any atom is -0.469 e. The lowest BCUT2D eigenvalue weighted by atomic mass is 10.0. The van der Waals surface area contributed by atoms with Crippen LogP contribution in [-0.2, 0) is 20.9 Å². The van der Waals surface area contributed by atoms with Gasteiger partial charge in [0.15, 0.2) is 0 Å². The van der Waals surface area contributed by atoms with Crippen molar-refractivity contribution in [3.05, 3.63) is 48.0 Å². The van der Waals surface area contributed by atoms with Crippen LogP contribution in [0.1, 0.15) is 12.0 Å². The Hall–Kier alpha value is -2.36. The Morgan fingerprint density at radius 1 is 1.11 bits per heavy atom. The normalized spacial score (nSPS) is 10.2. The zero-order chi connectivity index (χ0) is 13.7. The van der Waals surface area contributed by atoms with Crippen molar-refractivity contribution in [2.24, 2.45) is 0 Å². The van der Waals surface area contributed by atoms with Gasteiger partial charge in [-0.1, -0.05) is 42.5 Å². The number of amides is 1. The van der Waals surface area contributed by atoms with Crippen LogP contribution in [0.25, 0.3) is 10.8 Å². The van der Waals surface area contributed by atoms with Gasteiger partial charge >= 0.3 is 5.97 Å². The van der Waals surface area contributed by atoms with Crippen LogP contribution in [0.5, 0.6) is 0 Å². The number of esters is 1. The van der Waals surface area contributed by atoms with E-state index in [4.69, 9.17) is 0 Å². The molecular weight excluding hydrogens is 242 g/mol. The molecule has 0 spiro atoms. The zero-order valence-electron chi connectivity index (χ0n) is 10.7. The van der Waals surface area contributed by atoms with Gasteiger partial charge in [-0.2, -0.15) is 0 Å². The van der Waals surface area contributed by atoms with E-state index in [0.29, 0.717) is 6.54 Å². The molecule has 2 aromatic carbocycles. The predicted octanol–water partition coefficient (Wildman–Crippen LogP) is 2.02. The molecule has 1 N–H and O–H groups in total. The molecule has 1 amide bonds. The number of rotatable bonds is 4. The van der Waals surface area contributed by atoms with Crippen molar-refractivity contribution in [2.75, 3.05) is 7.11 Å². The number of methoxy groups -OCH3 is 1. The molecule has 0 aliphatic heterocycles. The molecule has 98 valence electrons. The fraction of sp³-hybridized carbons (Fsp3) is 0.200. The first-order valence-corrected chi connectivity index (χ1v) is 6.01. The average Bonchev–Trinajstić information content (AvgIpc) is 2.44. The van der Waals surface area contributed by atoms with Gasteiger partial charge in [-0.25, -0.2) is 0 Å². The molecule has 2 aromatic rings. The fourth-order valence-corrected chi connectivity index (χ4v) is 1.91. The number of hydrogen-bond acceptors (Lipinski definition) is 3. The van der Waals surface area contributed by atoms with Crippen LogP contribution < -0.4 is 5.32 Å². The molecule has 0 aromatic heterocycles. The van der Waals surface area contributed by atoms with Gasteiger partial charge in [0.1, 0.15) is 6.42 Å². The number of fused-ring (bicyclic) bond motifs is 1. The predicted molar refractivity (Wildman–Crippen MR) is 72.4 cm³/mol. The lowest BCUT2D eigenvalue weighted by molar-refractivity contribution is -0.143. The second kappa shape index (κ2) is 6.00. The van der Waals surface area contributed by atoms with Crippen molar-refractivity contribution in [2.45, 2.75) is 13.0 Å². The van der Waals surface area contributed by atoms with Crippen molar-refractivity contribution >= 4 is 22.6 Å². The van der Waals surface area contributed by atoms with Crippen molar-refractivity contribution in [1.82, 2.24) is 5.32 Å². The number of nitrogens with one attached hydrogen (secondary N) is 1. The Labute approximate surface area is 111 Å². The Morgan fingerprint density at radius 2 is 1.84 bits per heavy atom. The first-order valence-electron chi connectivity index (χ1n) is 6.01. The van der Waals surface area contributed by atoms with Gasteiger partial charge in [-0.15, -0.1) is 0 Å².